The maximum absolute atomic E-state index is 12.4. The van der Waals surface area contributed by atoms with E-state index in [9.17, 15) is 4.79 Å². The summed E-state index contributed by atoms with van der Waals surface area (Å²) in [7, 11) is 0. The van der Waals surface area contributed by atoms with E-state index in [1.165, 1.54) is 0 Å². The van der Waals surface area contributed by atoms with Crippen LogP contribution in [0.4, 0.5) is 5.69 Å². The summed E-state index contributed by atoms with van der Waals surface area (Å²) in [5.74, 6) is 2.04. The highest BCUT2D eigenvalue weighted by Crippen LogP contribution is 2.29. The predicted molar refractivity (Wildman–Crippen MR) is 103 cm³/mol. The largest absolute Gasteiger partial charge is 0.494 e. The number of rotatable bonds is 7. The van der Waals surface area contributed by atoms with Gasteiger partial charge < -0.3 is 14.8 Å². The monoisotopic (exact) mass is 347 g/mol. The topological polar surface area (TPSA) is 47.6 Å². The van der Waals surface area contributed by atoms with Gasteiger partial charge >= 0.3 is 0 Å². The first-order valence-electron chi connectivity index (χ1n) is 8.58. The molecule has 0 heterocycles. The molecule has 0 spiro atoms. The Labute approximate surface area is 153 Å². The molecule has 4 heteroatoms. The molecule has 0 bridgehead atoms. The van der Waals surface area contributed by atoms with Gasteiger partial charge in [0.1, 0.15) is 11.5 Å². The van der Waals surface area contributed by atoms with Gasteiger partial charge in [-0.05, 0) is 48.9 Å². The predicted octanol–water partition coefficient (Wildman–Crippen LogP) is 5.06. The number of carbonyl (C=O) groups is 1. The van der Waals surface area contributed by atoms with Crippen molar-refractivity contribution in [1.29, 1.82) is 0 Å². The Hall–Kier alpha value is -3.27. The Balaban J connectivity index is 1.65. The van der Waals surface area contributed by atoms with Crippen LogP contribution in [0.2, 0.25) is 0 Å². The molecule has 3 rings (SSSR count). The average molecular weight is 347 g/mol. The maximum atomic E-state index is 12.4. The summed E-state index contributed by atoms with van der Waals surface area (Å²) in [5, 5.41) is 2.92. The van der Waals surface area contributed by atoms with E-state index in [0.29, 0.717) is 18.0 Å². The van der Waals surface area contributed by atoms with Crippen molar-refractivity contribution in [3.63, 3.8) is 0 Å². The lowest BCUT2D eigenvalue weighted by Crippen LogP contribution is -2.14. The second kappa shape index (κ2) is 8.72. The van der Waals surface area contributed by atoms with Gasteiger partial charge in [-0.15, -0.1) is 0 Å². The number of ether oxygens (including phenoxy) is 2. The molecule has 3 aromatic carbocycles. The Morgan fingerprint density at radius 2 is 1.54 bits per heavy atom. The quantitative estimate of drug-likeness (QED) is 0.650. The highest BCUT2D eigenvalue weighted by atomic mass is 16.5. The summed E-state index contributed by atoms with van der Waals surface area (Å²) in [6, 6.07) is 24.4. The Morgan fingerprint density at radius 1 is 0.846 bits per heavy atom. The number of benzene rings is 3. The van der Waals surface area contributed by atoms with Crippen LogP contribution in [0, 0.1) is 0 Å². The summed E-state index contributed by atoms with van der Waals surface area (Å²) < 4.78 is 11.3. The number of amides is 1. The smallest absolute Gasteiger partial charge is 0.228 e. The molecule has 0 unspecified atom stereocenters. The third-order valence-corrected chi connectivity index (χ3v) is 3.73. The van der Waals surface area contributed by atoms with E-state index in [4.69, 9.17) is 9.47 Å². The van der Waals surface area contributed by atoms with Crippen LogP contribution in [0.1, 0.15) is 12.5 Å². The minimum atomic E-state index is -0.0988. The standard InChI is InChI=1S/C22H21NO3/c1-2-25-18-14-12-17(13-15-18)16-22(24)23-20-10-6-7-11-21(20)26-19-8-4-3-5-9-19/h3-15H,2,16H2,1H3,(H,23,24). The zero-order valence-corrected chi connectivity index (χ0v) is 14.6. The lowest BCUT2D eigenvalue weighted by molar-refractivity contribution is -0.115. The van der Waals surface area contributed by atoms with Crippen LogP contribution in [0.15, 0.2) is 78.9 Å². The van der Waals surface area contributed by atoms with Gasteiger partial charge in [-0.2, -0.15) is 0 Å². The Bertz CT molecular complexity index is 845. The van der Waals surface area contributed by atoms with E-state index in [0.717, 1.165) is 17.1 Å². The summed E-state index contributed by atoms with van der Waals surface area (Å²) in [6.45, 7) is 2.56. The first-order valence-corrected chi connectivity index (χ1v) is 8.58. The molecule has 1 amide bonds. The second-order valence-electron chi connectivity index (χ2n) is 5.71. The van der Waals surface area contributed by atoms with E-state index >= 15 is 0 Å². The van der Waals surface area contributed by atoms with E-state index < -0.39 is 0 Å². The second-order valence-corrected chi connectivity index (χ2v) is 5.71. The fraction of sp³-hybridized carbons (Fsp3) is 0.136. The van der Waals surface area contributed by atoms with Crippen LogP contribution < -0.4 is 14.8 Å². The molecule has 0 aliphatic rings. The Kier molecular flexibility index (Phi) is 5.88. The molecule has 3 aromatic rings. The molecule has 0 aliphatic carbocycles. The van der Waals surface area contributed by atoms with Crippen molar-refractivity contribution in [3.05, 3.63) is 84.4 Å². The highest BCUT2D eigenvalue weighted by molar-refractivity contribution is 5.93. The highest BCUT2D eigenvalue weighted by Gasteiger charge is 2.09. The van der Waals surface area contributed by atoms with Crippen molar-refractivity contribution in [1.82, 2.24) is 0 Å². The summed E-state index contributed by atoms with van der Waals surface area (Å²) in [4.78, 5) is 12.4. The van der Waals surface area contributed by atoms with E-state index in [1.54, 1.807) is 0 Å². The molecule has 26 heavy (non-hydrogen) atoms. The molecule has 0 radical (unpaired) electrons. The van der Waals surface area contributed by atoms with E-state index in [-0.39, 0.29) is 12.3 Å². The number of hydrogen-bond acceptors (Lipinski definition) is 3. The minimum Gasteiger partial charge on any atom is -0.494 e. The molecule has 1 N–H and O–H groups in total. The molecule has 0 aromatic heterocycles. The van der Waals surface area contributed by atoms with E-state index in [2.05, 4.69) is 5.32 Å². The fourth-order valence-corrected chi connectivity index (χ4v) is 2.52. The molecular formula is C22H21NO3. The van der Waals surface area contributed by atoms with Crippen molar-refractivity contribution in [2.75, 3.05) is 11.9 Å². The van der Waals surface area contributed by atoms with Gasteiger partial charge in [0, 0.05) is 0 Å². The first-order chi connectivity index (χ1) is 12.7. The zero-order chi connectivity index (χ0) is 18.2. The average Bonchev–Trinajstić information content (AvgIpc) is 2.66. The fourth-order valence-electron chi connectivity index (χ4n) is 2.52. The van der Waals surface area contributed by atoms with Crippen LogP contribution in [-0.2, 0) is 11.2 Å². The first kappa shape index (κ1) is 17.5. The van der Waals surface area contributed by atoms with Gasteiger partial charge in [0.25, 0.3) is 0 Å². The summed E-state index contributed by atoms with van der Waals surface area (Å²) in [5.41, 5.74) is 1.57. The number of para-hydroxylation sites is 3. The molecule has 0 aliphatic heterocycles. The molecule has 132 valence electrons. The molecule has 0 fully saturated rings. The van der Waals surface area contributed by atoms with Crippen LogP contribution in [0.3, 0.4) is 0 Å². The van der Waals surface area contributed by atoms with Crippen LogP contribution in [0.5, 0.6) is 17.2 Å². The molecule has 4 nitrogen and oxygen atoms in total. The van der Waals surface area contributed by atoms with Crippen molar-refractivity contribution < 1.29 is 14.3 Å². The van der Waals surface area contributed by atoms with Gasteiger partial charge in [0.2, 0.25) is 5.91 Å². The maximum Gasteiger partial charge on any atom is 0.228 e. The van der Waals surface area contributed by atoms with Gasteiger partial charge in [-0.3, -0.25) is 4.79 Å². The van der Waals surface area contributed by atoms with Crippen molar-refractivity contribution in [3.8, 4) is 17.2 Å². The van der Waals surface area contributed by atoms with Crippen LogP contribution in [-0.4, -0.2) is 12.5 Å². The molecular weight excluding hydrogens is 326 g/mol. The SMILES string of the molecule is CCOc1ccc(CC(=O)Nc2ccccc2Oc2ccccc2)cc1. The van der Waals surface area contributed by atoms with Crippen LogP contribution in [0.25, 0.3) is 0 Å². The van der Waals surface area contributed by atoms with Crippen molar-refractivity contribution in [2.24, 2.45) is 0 Å². The summed E-state index contributed by atoms with van der Waals surface area (Å²) in [6.07, 6.45) is 0.284. The number of nitrogens with one attached hydrogen (secondary N) is 1. The Morgan fingerprint density at radius 3 is 2.27 bits per heavy atom. The summed E-state index contributed by atoms with van der Waals surface area (Å²) >= 11 is 0. The third-order valence-electron chi connectivity index (χ3n) is 3.73. The van der Waals surface area contributed by atoms with Gasteiger partial charge in [0.15, 0.2) is 5.75 Å². The number of carbonyl (C=O) groups excluding carboxylic acids is 1. The lowest BCUT2D eigenvalue weighted by Gasteiger charge is -2.12. The van der Waals surface area contributed by atoms with Gasteiger partial charge in [-0.25, -0.2) is 0 Å². The van der Waals surface area contributed by atoms with Gasteiger partial charge in [-0.1, -0.05) is 42.5 Å². The third kappa shape index (κ3) is 4.86. The number of hydrogen-bond donors (Lipinski definition) is 1. The molecule has 0 atom stereocenters. The molecule has 0 saturated heterocycles. The normalized spacial score (nSPS) is 10.2. The van der Waals surface area contributed by atoms with Crippen LogP contribution >= 0.6 is 0 Å². The molecule has 0 saturated carbocycles. The minimum absolute atomic E-state index is 0.0988. The lowest BCUT2D eigenvalue weighted by atomic mass is 10.1. The van der Waals surface area contributed by atoms with E-state index in [1.807, 2.05) is 85.8 Å². The van der Waals surface area contributed by atoms with Crippen molar-refractivity contribution >= 4 is 11.6 Å². The zero-order valence-electron chi connectivity index (χ0n) is 14.6. The number of anilines is 1. The van der Waals surface area contributed by atoms with Crippen molar-refractivity contribution in [2.45, 2.75) is 13.3 Å². The van der Waals surface area contributed by atoms with Gasteiger partial charge in [0.05, 0.1) is 18.7 Å².